The van der Waals surface area contributed by atoms with E-state index in [1.807, 2.05) is 6.07 Å². The first-order chi connectivity index (χ1) is 7.63. The van der Waals surface area contributed by atoms with Gasteiger partial charge in [0.05, 0.1) is 0 Å². The molecule has 16 heavy (non-hydrogen) atoms. The third kappa shape index (κ3) is 1.60. The molecule has 0 unspecified atom stereocenters. The van der Waals surface area contributed by atoms with Gasteiger partial charge in [-0.1, -0.05) is 19.1 Å². The van der Waals surface area contributed by atoms with Crippen LogP contribution in [0.1, 0.15) is 23.7 Å². The molecule has 3 N–H and O–H groups in total. The summed E-state index contributed by atoms with van der Waals surface area (Å²) in [5.41, 5.74) is 6.78. The van der Waals surface area contributed by atoms with Crippen molar-refractivity contribution in [3.63, 3.8) is 0 Å². The molecule has 0 saturated carbocycles. The minimum Gasteiger partial charge on any atom is -0.508 e. The van der Waals surface area contributed by atoms with Gasteiger partial charge in [0, 0.05) is 17.7 Å². The van der Waals surface area contributed by atoms with Gasteiger partial charge in [0.25, 0.3) is 0 Å². The Labute approximate surface area is 93.5 Å². The van der Waals surface area contributed by atoms with Crippen LogP contribution in [-0.2, 0) is 0 Å². The number of rotatable bonds is 2. The predicted octanol–water partition coefficient (Wildman–Crippen LogP) is 2.72. The molecule has 0 saturated heterocycles. The molecule has 0 atom stereocenters. The number of hydrogen-bond acceptors (Lipinski definition) is 3. The summed E-state index contributed by atoms with van der Waals surface area (Å²) in [5.74, 6) is 0.136. The van der Waals surface area contributed by atoms with E-state index in [1.165, 1.54) is 0 Å². The van der Waals surface area contributed by atoms with Crippen LogP contribution in [0.5, 0.6) is 5.75 Å². The summed E-state index contributed by atoms with van der Waals surface area (Å²) in [6.07, 6.45) is 0.402. The first-order valence-corrected chi connectivity index (χ1v) is 5.18. The van der Waals surface area contributed by atoms with Crippen LogP contribution in [0.2, 0.25) is 0 Å². The van der Waals surface area contributed by atoms with E-state index < -0.39 is 0 Å². The number of phenols is 1. The number of Topliss-reactive ketones (excluding diaryl/α,β-unsaturated/α-hetero) is 1. The Hall–Kier alpha value is -2.03. The zero-order chi connectivity index (χ0) is 11.7. The van der Waals surface area contributed by atoms with Crippen molar-refractivity contribution in [2.24, 2.45) is 0 Å². The molecule has 3 heteroatoms. The third-order valence-electron chi connectivity index (χ3n) is 2.64. The van der Waals surface area contributed by atoms with Crippen LogP contribution in [0, 0.1) is 0 Å². The molecule has 2 rings (SSSR count). The van der Waals surface area contributed by atoms with Crippen molar-refractivity contribution in [2.75, 3.05) is 5.73 Å². The molecule has 2 aromatic rings. The predicted molar refractivity (Wildman–Crippen MR) is 64.6 cm³/mol. The largest absolute Gasteiger partial charge is 0.508 e. The van der Waals surface area contributed by atoms with Gasteiger partial charge >= 0.3 is 0 Å². The fourth-order valence-electron chi connectivity index (χ4n) is 1.81. The number of fused-ring (bicyclic) bond motifs is 1. The molecule has 2 aromatic carbocycles. The van der Waals surface area contributed by atoms with Crippen molar-refractivity contribution in [3.8, 4) is 5.75 Å². The van der Waals surface area contributed by atoms with Crippen molar-refractivity contribution in [1.29, 1.82) is 0 Å². The summed E-state index contributed by atoms with van der Waals surface area (Å²) in [6, 6.07) is 8.52. The van der Waals surface area contributed by atoms with E-state index in [0.29, 0.717) is 23.1 Å². The second-order valence-corrected chi connectivity index (χ2v) is 3.71. The molecule has 82 valence electrons. The molecule has 0 fully saturated rings. The summed E-state index contributed by atoms with van der Waals surface area (Å²) in [6.45, 7) is 1.80. The normalized spacial score (nSPS) is 10.6. The maximum absolute atomic E-state index is 11.8. The van der Waals surface area contributed by atoms with Gasteiger partial charge in [-0.25, -0.2) is 0 Å². The Morgan fingerprint density at radius 2 is 2.00 bits per heavy atom. The summed E-state index contributed by atoms with van der Waals surface area (Å²) < 4.78 is 0. The first-order valence-electron chi connectivity index (χ1n) is 5.18. The Kier molecular flexibility index (Phi) is 2.52. The van der Waals surface area contributed by atoms with Crippen molar-refractivity contribution in [1.82, 2.24) is 0 Å². The molecule has 0 aliphatic rings. The molecule has 3 nitrogen and oxygen atoms in total. The lowest BCUT2D eigenvalue weighted by Crippen LogP contribution is -2.03. The average molecular weight is 215 g/mol. The topological polar surface area (TPSA) is 63.3 Å². The van der Waals surface area contributed by atoms with E-state index in [0.717, 1.165) is 5.39 Å². The number of carbonyl (C=O) groups excluding carboxylic acids is 1. The smallest absolute Gasteiger partial charge is 0.165 e. The van der Waals surface area contributed by atoms with Crippen molar-refractivity contribution >= 4 is 22.2 Å². The molecule has 0 aliphatic carbocycles. The molecule has 0 radical (unpaired) electrons. The molecule has 0 bridgehead atoms. The Morgan fingerprint density at radius 1 is 1.31 bits per heavy atom. The number of phenolic OH excluding ortho intramolecular Hbond substituents is 1. The highest BCUT2D eigenvalue weighted by molar-refractivity contribution is 6.12. The van der Waals surface area contributed by atoms with Gasteiger partial charge in [0.2, 0.25) is 0 Å². The number of hydrogen-bond donors (Lipinski definition) is 2. The van der Waals surface area contributed by atoms with E-state index in [4.69, 9.17) is 5.73 Å². The number of carbonyl (C=O) groups is 1. The Balaban J connectivity index is 2.82. The van der Waals surface area contributed by atoms with Crippen LogP contribution in [0.25, 0.3) is 10.8 Å². The zero-order valence-corrected chi connectivity index (χ0v) is 9.03. The van der Waals surface area contributed by atoms with Crippen LogP contribution in [0.15, 0.2) is 30.3 Å². The van der Waals surface area contributed by atoms with Crippen LogP contribution >= 0.6 is 0 Å². The summed E-state index contributed by atoms with van der Waals surface area (Å²) >= 11 is 0. The first kappa shape index (κ1) is 10.5. The van der Waals surface area contributed by atoms with Gasteiger partial charge in [-0.05, 0) is 29.0 Å². The average Bonchev–Trinajstić information content (AvgIpc) is 2.28. The standard InChI is InChI=1S/C13H13NO2/c1-2-12(16)13-10-7-9(15)5-3-8(10)4-6-11(13)14/h3-7,15H,2,14H2,1H3. The number of aromatic hydroxyl groups is 1. The van der Waals surface area contributed by atoms with E-state index in [2.05, 4.69) is 0 Å². The maximum atomic E-state index is 11.8. The Bertz CT molecular complexity index is 556. The molecule has 0 spiro atoms. The second-order valence-electron chi connectivity index (χ2n) is 3.71. The van der Waals surface area contributed by atoms with Gasteiger partial charge in [0.1, 0.15) is 5.75 Å². The minimum absolute atomic E-state index is 0.00583. The highest BCUT2D eigenvalue weighted by atomic mass is 16.3. The molecule has 0 amide bonds. The lowest BCUT2D eigenvalue weighted by Gasteiger charge is -2.08. The summed E-state index contributed by atoms with van der Waals surface area (Å²) in [5, 5.41) is 11.1. The number of nitrogens with two attached hydrogens (primary N) is 1. The van der Waals surface area contributed by atoms with Gasteiger partial charge < -0.3 is 10.8 Å². The number of ketones is 1. The van der Waals surface area contributed by atoms with Crippen LogP contribution in [0.3, 0.4) is 0 Å². The highest BCUT2D eigenvalue weighted by Crippen LogP contribution is 2.28. The molecule has 0 heterocycles. The quantitative estimate of drug-likeness (QED) is 0.598. The number of nitrogen functional groups attached to an aromatic ring is 1. The molecule has 0 aliphatic heterocycles. The SMILES string of the molecule is CCC(=O)c1c(N)ccc2ccc(O)cc12. The summed E-state index contributed by atoms with van der Waals surface area (Å²) in [4.78, 5) is 11.8. The molecular weight excluding hydrogens is 202 g/mol. The second kappa shape index (κ2) is 3.85. The Morgan fingerprint density at radius 3 is 2.69 bits per heavy atom. The fraction of sp³-hybridized carbons (Fsp3) is 0.154. The molecular formula is C13H13NO2. The minimum atomic E-state index is -0.00583. The zero-order valence-electron chi connectivity index (χ0n) is 9.03. The van der Waals surface area contributed by atoms with Gasteiger partial charge in [-0.15, -0.1) is 0 Å². The van der Waals surface area contributed by atoms with E-state index in [-0.39, 0.29) is 11.5 Å². The van der Waals surface area contributed by atoms with Gasteiger partial charge in [0.15, 0.2) is 5.78 Å². The third-order valence-corrected chi connectivity index (χ3v) is 2.64. The lowest BCUT2D eigenvalue weighted by molar-refractivity contribution is 0.0990. The van der Waals surface area contributed by atoms with Crippen molar-refractivity contribution in [3.05, 3.63) is 35.9 Å². The van der Waals surface area contributed by atoms with E-state index in [9.17, 15) is 9.90 Å². The van der Waals surface area contributed by atoms with E-state index >= 15 is 0 Å². The molecule has 0 aromatic heterocycles. The summed E-state index contributed by atoms with van der Waals surface area (Å²) in [7, 11) is 0. The van der Waals surface area contributed by atoms with Crippen molar-refractivity contribution in [2.45, 2.75) is 13.3 Å². The maximum Gasteiger partial charge on any atom is 0.165 e. The van der Waals surface area contributed by atoms with E-state index in [1.54, 1.807) is 31.2 Å². The van der Waals surface area contributed by atoms with Gasteiger partial charge in [-0.3, -0.25) is 4.79 Å². The monoisotopic (exact) mass is 215 g/mol. The van der Waals surface area contributed by atoms with Crippen LogP contribution in [0.4, 0.5) is 5.69 Å². The number of benzene rings is 2. The van der Waals surface area contributed by atoms with Gasteiger partial charge in [-0.2, -0.15) is 0 Å². The number of anilines is 1. The lowest BCUT2D eigenvalue weighted by atomic mass is 9.98. The fourth-order valence-corrected chi connectivity index (χ4v) is 1.81. The van der Waals surface area contributed by atoms with Crippen molar-refractivity contribution < 1.29 is 9.90 Å². The highest BCUT2D eigenvalue weighted by Gasteiger charge is 2.12. The van der Waals surface area contributed by atoms with Crippen LogP contribution < -0.4 is 5.73 Å². The van der Waals surface area contributed by atoms with Crippen LogP contribution in [-0.4, -0.2) is 10.9 Å².